The SMILES string of the molecule is SCCN[C@@H]1CN(Cc2ccccc2)C[C@H]1NCCS.[O-2].[Tc+5]. The molecular formula is C15H25N3OS2Tc+3. The van der Waals surface area contributed by atoms with Crippen LogP contribution in [0.4, 0.5) is 0 Å². The number of benzene rings is 1. The third kappa shape index (κ3) is 7.32. The summed E-state index contributed by atoms with van der Waals surface area (Å²) in [6, 6.07) is 11.7. The van der Waals surface area contributed by atoms with E-state index in [1.807, 2.05) is 0 Å². The van der Waals surface area contributed by atoms with E-state index in [0.717, 1.165) is 44.2 Å². The Hall–Kier alpha value is 0.409. The molecule has 1 aromatic carbocycles. The Bertz CT molecular complexity index is 370. The van der Waals surface area contributed by atoms with Crippen LogP contribution in [0.2, 0.25) is 0 Å². The first-order valence-electron chi connectivity index (χ1n) is 7.28. The number of thiol groups is 2. The minimum atomic E-state index is 0. The predicted molar refractivity (Wildman–Crippen MR) is 93.7 cm³/mol. The summed E-state index contributed by atoms with van der Waals surface area (Å²) >= 11 is 8.57. The van der Waals surface area contributed by atoms with Crippen LogP contribution in [0.3, 0.4) is 0 Å². The molecule has 1 heterocycles. The van der Waals surface area contributed by atoms with Crippen molar-refractivity contribution in [1.82, 2.24) is 15.5 Å². The van der Waals surface area contributed by atoms with Gasteiger partial charge >= 0.3 is 20.1 Å². The largest absolute Gasteiger partial charge is 5.00 e. The van der Waals surface area contributed by atoms with Crippen molar-refractivity contribution in [3.63, 3.8) is 0 Å². The molecule has 22 heavy (non-hydrogen) atoms. The maximum Gasteiger partial charge on any atom is 5.00 e. The Morgan fingerprint density at radius 2 is 1.45 bits per heavy atom. The summed E-state index contributed by atoms with van der Waals surface area (Å²) in [6.07, 6.45) is 0. The van der Waals surface area contributed by atoms with E-state index in [1.54, 1.807) is 0 Å². The van der Waals surface area contributed by atoms with Crippen LogP contribution in [-0.2, 0) is 32.1 Å². The van der Waals surface area contributed by atoms with E-state index in [1.165, 1.54) is 5.56 Å². The number of likely N-dealkylation sites (tertiary alicyclic amines) is 1. The first kappa shape index (κ1) is 22.4. The fraction of sp³-hybridized carbons (Fsp3) is 0.600. The van der Waals surface area contributed by atoms with Crippen LogP contribution in [0.5, 0.6) is 0 Å². The van der Waals surface area contributed by atoms with Crippen molar-refractivity contribution < 1.29 is 25.6 Å². The van der Waals surface area contributed by atoms with Crippen LogP contribution in [0.1, 0.15) is 5.56 Å². The fourth-order valence-corrected chi connectivity index (χ4v) is 3.03. The smallest absolute Gasteiger partial charge is 2.00 e. The summed E-state index contributed by atoms with van der Waals surface area (Å²) in [4.78, 5) is 2.52. The van der Waals surface area contributed by atoms with Gasteiger partial charge in [0.15, 0.2) is 0 Å². The minimum absolute atomic E-state index is 0. The second kappa shape index (κ2) is 12.8. The van der Waals surface area contributed by atoms with Crippen LogP contribution >= 0.6 is 25.3 Å². The summed E-state index contributed by atoms with van der Waals surface area (Å²) in [5.41, 5.74) is 1.38. The van der Waals surface area contributed by atoms with E-state index in [9.17, 15) is 0 Å². The number of hydrogen-bond acceptors (Lipinski definition) is 5. The summed E-state index contributed by atoms with van der Waals surface area (Å²) in [5, 5.41) is 7.20. The van der Waals surface area contributed by atoms with E-state index in [2.05, 4.69) is 71.1 Å². The van der Waals surface area contributed by atoms with Gasteiger partial charge in [-0.1, -0.05) is 30.3 Å². The Kier molecular flexibility index (Phi) is 13.0. The van der Waals surface area contributed by atoms with Crippen LogP contribution in [0, 0.1) is 0 Å². The molecule has 0 saturated carbocycles. The molecule has 122 valence electrons. The molecule has 0 unspecified atom stereocenters. The fourth-order valence-electron chi connectivity index (χ4n) is 2.77. The van der Waals surface area contributed by atoms with E-state index >= 15 is 0 Å². The van der Waals surface area contributed by atoms with E-state index in [-0.39, 0.29) is 25.6 Å². The van der Waals surface area contributed by atoms with Crippen molar-refractivity contribution in [2.45, 2.75) is 18.6 Å². The van der Waals surface area contributed by atoms with Gasteiger partial charge in [-0.25, -0.2) is 0 Å². The zero-order valence-electron chi connectivity index (χ0n) is 12.6. The zero-order chi connectivity index (χ0) is 14.2. The molecule has 2 atom stereocenters. The zero-order valence-corrected chi connectivity index (χ0v) is 16.3. The van der Waals surface area contributed by atoms with Crippen LogP contribution in [0.15, 0.2) is 30.3 Å². The molecule has 1 aromatic rings. The first-order valence-corrected chi connectivity index (χ1v) is 8.54. The Morgan fingerprint density at radius 3 is 1.91 bits per heavy atom. The van der Waals surface area contributed by atoms with Crippen LogP contribution < -0.4 is 10.6 Å². The average molecular weight is 426 g/mol. The molecule has 0 aliphatic carbocycles. The predicted octanol–water partition coefficient (Wildman–Crippen LogP) is 1.16. The van der Waals surface area contributed by atoms with Gasteiger partial charge in [-0.2, -0.15) is 25.3 Å². The van der Waals surface area contributed by atoms with Gasteiger partial charge in [0.05, 0.1) is 0 Å². The molecule has 7 heteroatoms. The maximum atomic E-state index is 4.29. The molecule has 0 radical (unpaired) electrons. The molecule has 2 N–H and O–H groups in total. The van der Waals surface area contributed by atoms with Crippen molar-refractivity contribution in [2.75, 3.05) is 37.7 Å². The molecule has 2 rings (SSSR count). The number of nitrogens with zero attached hydrogens (tertiary/aromatic N) is 1. The normalized spacial score (nSPS) is 21.2. The van der Waals surface area contributed by atoms with Gasteiger partial charge < -0.3 is 16.1 Å². The monoisotopic (exact) mass is 424 g/mol. The molecule has 0 aromatic heterocycles. The number of hydrogen-bond donors (Lipinski definition) is 4. The van der Waals surface area contributed by atoms with Crippen molar-refractivity contribution in [2.24, 2.45) is 0 Å². The molecule has 1 aliphatic heterocycles. The second-order valence-electron chi connectivity index (χ2n) is 5.25. The summed E-state index contributed by atoms with van der Waals surface area (Å²) in [5.74, 6) is 1.77. The van der Waals surface area contributed by atoms with E-state index in [0.29, 0.717) is 12.1 Å². The van der Waals surface area contributed by atoms with Gasteiger partial charge in [0.2, 0.25) is 0 Å². The van der Waals surface area contributed by atoms with Crippen molar-refractivity contribution in [3.8, 4) is 0 Å². The minimum Gasteiger partial charge on any atom is -2.00 e. The molecule has 1 saturated heterocycles. The standard InChI is InChI=1S/C15H25N3S2.O.Tc/c19-8-6-16-14-11-18(12-15(14)17-7-9-20)10-13-4-2-1-3-5-13;;/h1-5,14-17,19-20H,6-12H2;;/q;-2;+5/t14-,15-;;/m1../s1. The average Bonchev–Trinajstić information content (AvgIpc) is 2.85. The van der Waals surface area contributed by atoms with Crippen LogP contribution in [0.25, 0.3) is 0 Å². The maximum absolute atomic E-state index is 4.29. The summed E-state index contributed by atoms with van der Waals surface area (Å²) < 4.78 is 0. The molecule has 1 fully saturated rings. The van der Waals surface area contributed by atoms with Crippen molar-refractivity contribution in [1.29, 1.82) is 0 Å². The Labute approximate surface area is 158 Å². The van der Waals surface area contributed by atoms with E-state index in [4.69, 9.17) is 0 Å². The quantitative estimate of drug-likeness (QED) is 0.473. The van der Waals surface area contributed by atoms with Gasteiger partial charge in [0.1, 0.15) is 0 Å². The van der Waals surface area contributed by atoms with Gasteiger partial charge in [0, 0.05) is 56.3 Å². The van der Waals surface area contributed by atoms with Crippen LogP contribution in [-0.4, -0.2) is 54.7 Å². The Balaban J connectivity index is 0.00000220. The van der Waals surface area contributed by atoms with Gasteiger partial charge in [0.25, 0.3) is 0 Å². The number of nitrogens with one attached hydrogen (secondary N) is 2. The third-order valence-electron chi connectivity index (χ3n) is 3.68. The second-order valence-corrected chi connectivity index (χ2v) is 6.14. The van der Waals surface area contributed by atoms with Gasteiger partial charge in [-0.05, 0) is 5.56 Å². The first-order chi connectivity index (χ1) is 9.83. The number of rotatable bonds is 8. The van der Waals surface area contributed by atoms with Gasteiger partial charge in [-0.3, -0.25) is 4.90 Å². The van der Waals surface area contributed by atoms with Crippen molar-refractivity contribution >= 4 is 25.3 Å². The molecule has 0 amide bonds. The molecule has 1 aliphatic rings. The third-order valence-corrected chi connectivity index (χ3v) is 4.13. The summed E-state index contributed by atoms with van der Waals surface area (Å²) in [6.45, 7) is 5.14. The molecule has 0 bridgehead atoms. The topological polar surface area (TPSA) is 55.8 Å². The molecule has 0 spiro atoms. The molecule has 4 nitrogen and oxygen atoms in total. The van der Waals surface area contributed by atoms with Crippen molar-refractivity contribution in [3.05, 3.63) is 35.9 Å². The van der Waals surface area contributed by atoms with E-state index < -0.39 is 0 Å². The van der Waals surface area contributed by atoms with Gasteiger partial charge in [-0.15, -0.1) is 0 Å². The molecular weight excluding hydrogens is 400 g/mol. The summed E-state index contributed by atoms with van der Waals surface area (Å²) in [7, 11) is 0. The Morgan fingerprint density at radius 1 is 0.955 bits per heavy atom.